The van der Waals surface area contributed by atoms with Crippen molar-refractivity contribution >= 4 is 17.6 Å². The van der Waals surface area contributed by atoms with Gasteiger partial charge in [0.2, 0.25) is 0 Å². The zero-order valence-corrected chi connectivity index (χ0v) is 16.1. The molecular formula is C20H25N5O3. The molecule has 1 aromatic carbocycles. The number of urea groups is 1. The lowest BCUT2D eigenvalue weighted by Crippen LogP contribution is -2.44. The fourth-order valence-electron chi connectivity index (χ4n) is 3.24. The third-order valence-electron chi connectivity index (χ3n) is 4.85. The highest BCUT2D eigenvalue weighted by Crippen LogP contribution is 2.17. The molecule has 0 saturated carbocycles. The number of amides is 3. The van der Waals surface area contributed by atoms with E-state index in [0.29, 0.717) is 19.6 Å². The summed E-state index contributed by atoms with van der Waals surface area (Å²) in [5, 5.41) is 9.72. The van der Waals surface area contributed by atoms with Crippen molar-refractivity contribution in [3.63, 3.8) is 0 Å². The minimum atomic E-state index is -0.257. The van der Waals surface area contributed by atoms with Gasteiger partial charge in [0.1, 0.15) is 5.69 Å². The molecule has 1 aliphatic rings. The highest BCUT2D eigenvalue weighted by Gasteiger charge is 2.25. The molecule has 3 rings (SSSR count). The molecule has 0 spiro atoms. The van der Waals surface area contributed by atoms with Gasteiger partial charge in [0, 0.05) is 38.4 Å². The first-order valence-corrected chi connectivity index (χ1v) is 9.37. The van der Waals surface area contributed by atoms with E-state index in [1.165, 1.54) is 19.2 Å². The van der Waals surface area contributed by atoms with Crippen LogP contribution >= 0.6 is 0 Å². The summed E-state index contributed by atoms with van der Waals surface area (Å²) in [4.78, 5) is 37.9. The number of carbonyl (C=O) groups excluding carboxylic acids is 2. The van der Waals surface area contributed by atoms with Crippen LogP contribution in [0.2, 0.25) is 0 Å². The first-order chi connectivity index (χ1) is 13.4. The van der Waals surface area contributed by atoms with Crippen molar-refractivity contribution in [2.24, 2.45) is 13.0 Å². The Kier molecular flexibility index (Phi) is 6.08. The van der Waals surface area contributed by atoms with E-state index in [1.54, 1.807) is 4.90 Å². The number of carbonyl (C=O) groups is 2. The Labute approximate surface area is 163 Å². The lowest BCUT2D eigenvalue weighted by Gasteiger charge is -2.32. The average Bonchev–Trinajstić information content (AvgIpc) is 2.70. The fraction of sp³-hybridized carbons (Fsp3) is 0.400. The van der Waals surface area contributed by atoms with Crippen LogP contribution < -0.4 is 16.2 Å². The number of hydrogen-bond acceptors (Lipinski definition) is 4. The van der Waals surface area contributed by atoms with Crippen LogP contribution in [0.1, 0.15) is 28.9 Å². The van der Waals surface area contributed by atoms with Crippen LogP contribution in [-0.4, -0.2) is 46.3 Å². The molecule has 1 saturated heterocycles. The lowest BCUT2D eigenvalue weighted by molar-refractivity contribution is 0.0666. The summed E-state index contributed by atoms with van der Waals surface area (Å²) in [5.74, 6) is -0.0154. The molecule has 8 nitrogen and oxygen atoms in total. The molecule has 1 atom stereocenters. The van der Waals surface area contributed by atoms with E-state index in [4.69, 9.17) is 0 Å². The van der Waals surface area contributed by atoms with E-state index >= 15 is 0 Å². The van der Waals surface area contributed by atoms with Gasteiger partial charge in [0.25, 0.3) is 11.5 Å². The summed E-state index contributed by atoms with van der Waals surface area (Å²) < 4.78 is 1.16. The molecule has 148 valence electrons. The SMILES string of the molecule is Cc1ccc(NC(=O)NCC2CCCN(C(=O)c3ccc(=O)n(C)n3)C2)cc1. The number of nitrogens with one attached hydrogen (secondary N) is 2. The van der Waals surface area contributed by atoms with Crippen molar-refractivity contribution < 1.29 is 9.59 Å². The summed E-state index contributed by atoms with van der Waals surface area (Å²) in [6, 6.07) is 10.1. The van der Waals surface area contributed by atoms with Crippen LogP contribution in [0.15, 0.2) is 41.2 Å². The number of anilines is 1. The van der Waals surface area contributed by atoms with E-state index in [1.807, 2.05) is 31.2 Å². The van der Waals surface area contributed by atoms with Gasteiger partial charge in [-0.05, 0) is 43.9 Å². The first-order valence-electron chi connectivity index (χ1n) is 9.37. The van der Waals surface area contributed by atoms with Crippen LogP contribution in [-0.2, 0) is 7.05 Å². The normalized spacial score (nSPS) is 16.5. The predicted molar refractivity (Wildman–Crippen MR) is 106 cm³/mol. The fourth-order valence-corrected chi connectivity index (χ4v) is 3.24. The second-order valence-electron chi connectivity index (χ2n) is 7.14. The van der Waals surface area contributed by atoms with Gasteiger partial charge in [0.05, 0.1) is 0 Å². The van der Waals surface area contributed by atoms with Crippen molar-refractivity contribution in [2.45, 2.75) is 19.8 Å². The zero-order valence-electron chi connectivity index (χ0n) is 16.1. The van der Waals surface area contributed by atoms with Gasteiger partial charge >= 0.3 is 6.03 Å². The molecule has 8 heteroatoms. The summed E-state index contributed by atoms with van der Waals surface area (Å²) in [5.41, 5.74) is 1.87. The van der Waals surface area contributed by atoms with E-state index in [2.05, 4.69) is 15.7 Å². The molecule has 1 fully saturated rings. The van der Waals surface area contributed by atoms with Gasteiger partial charge in [-0.2, -0.15) is 5.10 Å². The topological polar surface area (TPSA) is 96.3 Å². The Morgan fingerprint density at radius 2 is 1.93 bits per heavy atom. The standard InChI is InChI=1S/C20H25N5O3/c1-14-5-7-16(8-6-14)22-20(28)21-12-15-4-3-11-25(13-15)19(27)17-9-10-18(26)24(2)23-17/h5-10,15H,3-4,11-13H2,1-2H3,(H2,21,22,28). The molecule has 28 heavy (non-hydrogen) atoms. The van der Waals surface area contributed by atoms with Crippen molar-refractivity contribution in [3.8, 4) is 0 Å². The summed E-state index contributed by atoms with van der Waals surface area (Å²) in [7, 11) is 1.52. The molecule has 0 bridgehead atoms. The number of likely N-dealkylation sites (tertiary alicyclic amines) is 1. The molecule has 2 heterocycles. The summed E-state index contributed by atoms with van der Waals surface area (Å²) in [6.07, 6.45) is 1.80. The molecule has 1 aliphatic heterocycles. The monoisotopic (exact) mass is 383 g/mol. The van der Waals surface area contributed by atoms with Crippen LogP contribution in [0, 0.1) is 12.8 Å². The Morgan fingerprint density at radius 1 is 1.18 bits per heavy atom. The van der Waals surface area contributed by atoms with E-state index in [9.17, 15) is 14.4 Å². The van der Waals surface area contributed by atoms with Crippen LogP contribution in [0.4, 0.5) is 10.5 Å². The number of aromatic nitrogens is 2. The first kappa shape index (κ1) is 19.6. The Morgan fingerprint density at radius 3 is 2.64 bits per heavy atom. The molecule has 2 aromatic rings. The molecular weight excluding hydrogens is 358 g/mol. The predicted octanol–water partition coefficient (Wildman–Crippen LogP) is 1.76. The van der Waals surface area contributed by atoms with Gasteiger partial charge in [-0.25, -0.2) is 9.48 Å². The second-order valence-corrected chi connectivity index (χ2v) is 7.14. The number of rotatable bonds is 4. The molecule has 3 amide bonds. The van der Waals surface area contributed by atoms with Crippen LogP contribution in [0.25, 0.3) is 0 Å². The van der Waals surface area contributed by atoms with Crippen molar-refractivity contribution in [1.82, 2.24) is 20.0 Å². The second kappa shape index (κ2) is 8.69. The number of hydrogen-bond donors (Lipinski definition) is 2. The third-order valence-corrected chi connectivity index (χ3v) is 4.85. The Balaban J connectivity index is 1.52. The maximum absolute atomic E-state index is 12.7. The lowest BCUT2D eigenvalue weighted by atomic mass is 9.97. The number of benzene rings is 1. The van der Waals surface area contributed by atoms with Crippen molar-refractivity contribution in [1.29, 1.82) is 0 Å². The van der Waals surface area contributed by atoms with Gasteiger partial charge < -0.3 is 15.5 Å². The van der Waals surface area contributed by atoms with Crippen molar-refractivity contribution in [2.75, 3.05) is 25.0 Å². The molecule has 0 radical (unpaired) electrons. The van der Waals surface area contributed by atoms with Gasteiger partial charge in [-0.3, -0.25) is 9.59 Å². The smallest absolute Gasteiger partial charge is 0.319 e. The van der Waals surface area contributed by atoms with Crippen molar-refractivity contribution in [3.05, 3.63) is 58.0 Å². The van der Waals surface area contributed by atoms with Gasteiger partial charge in [0.15, 0.2) is 0 Å². The van der Waals surface area contributed by atoms with Gasteiger partial charge in [-0.1, -0.05) is 17.7 Å². The maximum atomic E-state index is 12.7. The Hall–Kier alpha value is -3.16. The van der Waals surface area contributed by atoms with Gasteiger partial charge in [-0.15, -0.1) is 0 Å². The minimum absolute atomic E-state index is 0.175. The highest BCUT2D eigenvalue weighted by molar-refractivity contribution is 5.92. The van der Waals surface area contributed by atoms with Crippen LogP contribution in [0.3, 0.4) is 0 Å². The Bertz CT molecular complexity index is 907. The maximum Gasteiger partial charge on any atom is 0.319 e. The van der Waals surface area contributed by atoms with E-state index < -0.39 is 0 Å². The number of nitrogens with zero attached hydrogens (tertiary/aromatic N) is 3. The summed E-state index contributed by atoms with van der Waals surface area (Å²) in [6.45, 7) is 3.68. The van der Waals surface area contributed by atoms with E-state index in [-0.39, 0.29) is 29.1 Å². The molecule has 0 aliphatic carbocycles. The average molecular weight is 383 g/mol. The minimum Gasteiger partial charge on any atom is -0.338 e. The number of aryl methyl sites for hydroxylation is 2. The third kappa shape index (κ3) is 4.97. The highest BCUT2D eigenvalue weighted by atomic mass is 16.2. The van der Waals surface area contributed by atoms with Crippen LogP contribution in [0.5, 0.6) is 0 Å². The number of piperidine rings is 1. The van der Waals surface area contributed by atoms with E-state index in [0.717, 1.165) is 28.8 Å². The molecule has 2 N–H and O–H groups in total. The molecule has 1 unspecified atom stereocenters. The molecule has 1 aromatic heterocycles. The summed E-state index contributed by atoms with van der Waals surface area (Å²) >= 11 is 0. The largest absolute Gasteiger partial charge is 0.338 e. The quantitative estimate of drug-likeness (QED) is 0.841. The zero-order chi connectivity index (χ0) is 20.1.